The molecule has 0 aromatic carbocycles. The van der Waals surface area contributed by atoms with Gasteiger partial charge in [-0.15, -0.1) is 0 Å². The van der Waals surface area contributed by atoms with Crippen LogP contribution in [0.4, 0.5) is 0 Å². The van der Waals surface area contributed by atoms with Crippen LogP contribution >= 0.6 is 0 Å². The third-order valence-corrected chi connectivity index (χ3v) is 4.96. The van der Waals surface area contributed by atoms with Gasteiger partial charge in [0.2, 0.25) is 0 Å². The van der Waals surface area contributed by atoms with E-state index in [4.69, 9.17) is 0 Å². The van der Waals surface area contributed by atoms with Gasteiger partial charge in [0.05, 0.1) is 5.56 Å². The van der Waals surface area contributed by atoms with Crippen molar-refractivity contribution in [2.75, 3.05) is 20.1 Å². The number of hydrogen-bond acceptors (Lipinski definition) is 4. The first kappa shape index (κ1) is 18.5. The number of carbonyl (C=O) groups is 1. The Balaban J connectivity index is 1.62. The molecule has 1 aliphatic rings. The molecule has 1 amide bonds. The largest absolute Gasteiger partial charge is 0.355 e. The molecule has 1 fully saturated rings. The van der Waals surface area contributed by atoms with Gasteiger partial charge in [-0.05, 0) is 74.9 Å². The number of carbonyl (C=O) groups excluding carboxylic acids is 1. The van der Waals surface area contributed by atoms with Crippen molar-refractivity contribution in [3.05, 3.63) is 58.7 Å². The summed E-state index contributed by atoms with van der Waals surface area (Å²) in [6.07, 6.45) is 7.09. The summed E-state index contributed by atoms with van der Waals surface area (Å²) in [5.74, 6) is 0.583. The molecular weight excluding hydrogens is 324 g/mol. The van der Waals surface area contributed by atoms with Gasteiger partial charge in [-0.3, -0.25) is 19.7 Å². The summed E-state index contributed by atoms with van der Waals surface area (Å²) in [6.45, 7) is 7.18. The Morgan fingerprint density at radius 2 is 1.96 bits per heavy atom. The topological polar surface area (TPSA) is 58.1 Å². The van der Waals surface area contributed by atoms with Crippen LogP contribution in [-0.4, -0.2) is 40.9 Å². The number of nitrogens with zero attached hydrogens (tertiary/aromatic N) is 3. The summed E-state index contributed by atoms with van der Waals surface area (Å²) in [5, 5.41) is 2.66. The van der Waals surface area contributed by atoms with Crippen molar-refractivity contribution in [1.82, 2.24) is 20.2 Å². The predicted octanol–water partition coefficient (Wildman–Crippen LogP) is 2.91. The number of pyridine rings is 2. The lowest BCUT2D eigenvalue weighted by atomic mass is 9.91. The third kappa shape index (κ3) is 4.88. The lowest BCUT2D eigenvalue weighted by Gasteiger charge is -2.33. The summed E-state index contributed by atoms with van der Waals surface area (Å²) < 4.78 is 0. The highest BCUT2D eigenvalue weighted by atomic mass is 16.1. The van der Waals surface area contributed by atoms with Gasteiger partial charge in [0, 0.05) is 43.9 Å². The number of piperidine rings is 1. The van der Waals surface area contributed by atoms with Crippen molar-refractivity contribution in [2.24, 2.45) is 5.92 Å². The van der Waals surface area contributed by atoms with E-state index in [1.807, 2.05) is 12.3 Å². The van der Waals surface area contributed by atoms with Crippen LogP contribution < -0.4 is 5.32 Å². The van der Waals surface area contributed by atoms with E-state index < -0.39 is 0 Å². The second-order valence-electron chi connectivity index (χ2n) is 7.37. The van der Waals surface area contributed by atoms with Crippen molar-refractivity contribution >= 4 is 5.91 Å². The molecule has 0 bridgehead atoms. The van der Waals surface area contributed by atoms with Gasteiger partial charge in [0.15, 0.2) is 0 Å². The zero-order chi connectivity index (χ0) is 18.5. The second kappa shape index (κ2) is 8.41. The maximum atomic E-state index is 11.8. The highest BCUT2D eigenvalue weighted by molar-refractivity contribution is 5.93. The van der Waals surface area contributed by atoms with Crippen molar-refractivity contribution in [2.45, 2.75) is 39.7 Å². The molecule has 1 N–H and O–H groups in total. The monoisotopic (exact) mass is 352 g/mol. The van der Waals surface area contributed by atoms with E-state index in [0.717, 1.165) is 43.0 Å². The molecule has 26 heavy (non-hydrogen) atoms. The molecule has 1 aliphatic heterocycles. The Morgan fingerprint density at radius 1 is 1.19 bits per heavy atom. The Labute approximate surface area is 155 Å². The van der Waals surface area contributed by atoms with Gasteiger partial charge in [-0.25, -0.2) is 0 Å². The number of hydrogen-bond donors (Lipinski definition) is 1. The van der Waals surface area contributed by atoms with Crippen LogP contribution in [0.25, 0.3) is 0 Å². The minimum Gasteiger partial charge on any atom is -0.355 e. The molecule has 5 heteroatoms. The van der Waals surface area contributed by atoms with Gasteiger partial charge in [0.25, 0.3) is 5.91 Å². The normalized spacial score (nSPS) is 17.9. The quantitative estimate of drug-likeness (QED) is 0.899. The summed E-state index contributed by atoms with van der Waals surface area (Å²) in [4.78, 5) is 23.0. The average molecular weight is 352 g/mol. The van der Waals surface area contributed by atoms with Crippen LogP contribution in [0.15, 0.2) is 30.6 Å². The van der Waals surface area contributed by atoms with Crippen molar-refractivity contribution < 1.29 is 4.79 Å². The molecule has 0 aliphatic carbocycles. The van der Waals surface area contributed by atoms with E-state index in [9.17, 15) is 4.79 Å². The molecule has 3 heterocycles. The molecule has 5 nitrogen and oxygen atoms in total. The van der Waals surface area contributed by atoms with Gasteiger partial charge in [0.1, 0.15) is 0 Å². The Morgan fingerprint density at radius 3 is 2.69 bits per heavy atom. The van der Waals surface area contributed by atoms with Crippen LogP contribution in [0, 0.1) is 19.8 Å². The fourth-order valence-corrected chi connectivity index (χ4v) is 3.93. The molecule has 2 aromatic heterocycles. The summed E-state index contributed by atoms with van der Waals surface area (Å²) in [5.41, 5.74) is 5.32. The fraction of sp³-hybridized carbons (Fsp3) is 0.476. The molecule has 0 saturated carbocycles. The maximum Gasteiger partial charge on any atom is 0.252 e. The SMILES string of the molecule is CNC(=O)c1cncc(CN2CCC[C@H](Cc3cc(C)nc(C)c3)C2)c1. The molecule has 3 rings (SSSR count). The molecular formula is C21H28N4O. The van der Waals surface area contributed by atoms with E-state index in [0.29, 0.717) is 11.5 Å². The summed E-state index contributed by atoms with van der Waals surface area (Å²) in [6, 6.07) is 6.37. The highest BCUT2D eigenvalue weighted by Crippen LogP contribution is 2.23. The van der Waals surface area contributed by atoms with Crippen LogP contribution in [0.5, 0.6) is 0 Å². The molecule has 0 spiro atoms. The van der Waals surface area contributed by atoms with Gasteiger partial charge < -0.3 is 5.32 Å². The molecule has 138 valence electrons. The van der Waals surface area contributed by atoms with Crippen LogP contribution in [-0.2, 0) is 13.0 Å². The highest BCUT2D eigenvalue weighted by Gasteiger charge is 2.21. The Bertz CT molecular complexity index is 754. The number of rotatable bonds is 5. The molecule has 1 saturated heterocycles. The first-order valence-electron chi connectivity index (χ1n) is 9.36. The van der Waals surface area contributed by atoms with Gasteiger partial charge in [-0.1, -0.05) is 0 Å². The summed E-state index contributed by atoms with van der Waals surface area (Å²) in [7, 11) is 1.65. The lowest BCUT2D eigenvalue weighted by molar-refractivity contribution is 0.0962. The van der Waals surface area contributed by atoms with Crippen LogP contribution in [0.2, 0.25) is 0 Å². The Kier molecular flexibility index (Phi) is 5.99. The van der Waals surface area contributed by atoms with E-state index in [2.05, 4.69) is 46.2 Å². The number of nitrogens with one attached hydrogen (secondary N) is 1. The second-order valence-corrected chi connectivity index (χ2v) is 7.37. The minimum absolute atomic E-state index is 0.0840. The van der Waals surface area contributed by atoms with Crippen LogP contribution in [0.3, 0.4) is 0 Å². The molecule has 2 aromatic rings. The predicted molar refractivity (Wildman–Crippen MR) is 103 cm³/mol. The average Bonchev–Trinajstić information content (AvgIpc) is 2.60. The number of likely N-dealkylation sites (tertiary alicyclic amines) is 1. The first-order chi connectivity index (χ1) is 12.5. The first-order valence-corrected chi connectivity index (χ1v) is 9.36. The van der Waals surface area contributed by atoms with E-state index in [-0.39, 0.29) is 5.91 Å². The van der Waals surface area contributed by atoms with Gasteiger partial charge in [-0.2, -0.15) is 0 Å². The lowest BCUT2D eigenvalue weighted by Crippen LogP contribution is -2.35. The van der Waals surface area contributed by atoms with Crippen molar-refractivity contribution in [3.63, 3.8) is 0 Å². The number of aryl methyl sites for hydroxylation is 2. The van der Waals surface area contributed by atoms with E-state index >= 15 is 0 Å². The van der Waals surface area contributed by atoms with Gasteiger partial charge >= 0.3 is 0 Å². The van der Waals surface area contributed by atoms with E-state index in [1.165, 1.54) is 18.4 Å². The minimum atomic E-state index is -0.0840. The number of aromatic nitrogens is 2. The zero-order valence-corrected chi connectivity index (χ0v) is 16.0. The molecule has 0 radical (unpaired) electrons. The molecule has 1 atom stereocenters. The zero-order valence-electron chi connectivity index (χ0n) is 16.0. The van der Waals surface area contributed by atoms with E-state index in [1.54, 1.807) is 13.2 Å². The third-order valence-electron chi connectivity index (χ3n) is 4.96. The summed E-state index contributed by atoms with van der Waals surface area (Å²) >= 11 is 0. The maximum absolute atomic E-state index is 11.8. The van der Waals surface area contributed by atoms with Crippen LogP contribution in [0.1, 0.15) is 45.7 Å². The van der Waals surface area contributed by atoms with Crippen molar-refractivity contribution in [1.29, 1.82) is 0 Å². The fourth-order valence-electron chi connectivity index (χ4n) is 3.93. The standard InChI is InChI=1S/C21H28N4O/c1-15-7-18(8-16(2)24-15)9-17-5-4-6-25(13-17)14-19-10-20(12-23-11-19)21(26)22-3/h7-8,10-12,17H,4-6,9,13-14H2,1-3H3,(H,22,26)/t17-/m1/s1. The number of amides is 1. The smallest absolute Gasteiger partial charge is 0.252 e. The molecule has 0 unspecified atom stereocenters. The van der Waals surface area contributed by atoms with Crippen molar-refractivity contribution in [3.8, 4) is 0 Å². The Hall–Kier alpha value is -2.27.